The van der Waals surface area contributed by atoms with Crippen molar-refractivity contribution < 1.29 is 19.2 Å². The monoisotopic (exact) mass is 270 g/mol. The molecule has 1 amide bonds. The number of hydrogen-bond donors (Lipinski definition) is 2. The van der Waals surface area contributed by atoms with Gasteiger partial charge in [-0.05, 0) is 34.2 Å². The first-order valence-corrected chi connectivity index (χ1v) is 6.24. The number of ketones is 3. The molecule has 0 fully saturated rings. The van der Waals surface area contributed by atoms with E-state index in [2.05, 4.69) is 10.6 Å². The summed E-state index contributed by atoms with van der Waals surface area (Å²) < 4.78 is 0. The van der Waals surface area contributed by atoms with Crippen molar-refractivity contribution in [1.82, 2.24) is 10.6 Å². The van der Waals surface area contributed by atoms with Crippen LogP contribution in [0.1, 0.15) is 40.0 Å². The summed E-state index contributed by atoms with van der Waals surface area (Å²) in [4.78, 5) is 45.1. The van der Waals surface area contributed by atoms with Crippen molar-refractivity contribution in [3.63, 3.8) is 0 Å². The van der Waals surface area contributed by atoms with Crippen LogP contribution in [-0.4, -0.2) is 42.4 Å². The van der Waals surface area contributed by atoms with Crippen LogP contribution in [0.4, 0.5) is 0 Å². The zero-order valence-corrected chi connectivity index (χ0v) is 11.9. The Balaban J connectivity index is 4.30. The molecule has 0 saturated carbocycles. The molecule has 0 aliphatic rings. The maximum Gasteiger partial charge on any atom is 0.220 e. The van der Waals surface area contributed by atoms with Crippen LogP contribution in [0.3, 0.4) is 0 Å². The van der Waals surface area contributed by atoms with Gasteiger partial charge in [0.2, 0.25) is 5.91 Å². The van der Waals surface area contributed by atoms with Gasteiger partial charge in [-0.3, -0.25) is 19.2 Å². The third kappa shape index (κ3) is 7.46. The first kappa shape index (κ1) is 17.4. The fraction of sp³-hybridized carbons (Fsp3) is 0.692. The van der Waals surface area contributed by atoms with E-state index in [0.29, 0.717) is 6.42 Å². The van der Waals surface area contributed by atoms with Crippen LogP contribution in [0.5, 0.6) is 0 Å². The van der Waals surface area contributed by atoms with Gasteiger partial charge in [0.05, 0.1) is 12.1 Å². The third-order valence-corrected chi connectivity index (χ3v) is 2.82. The summed E-state index contributed by atoms with van der Waals surface area (Å²) in [5.41, 5.74) is 0. The molecule has 0 rings (SSSR count). The lowest BCUT2D eigenvalue weighted by atomic mass is 10.1. The Labute approximate surface area is 113 Å². The molecule has 0 heterocycles. The lowest BCUT2D eigenvalue weighted by Gasteiger charge is -2.16. The summed E-state index contributed by atoms with van der Waals surface area (Å²) in [6.07, 6.45) is 0.498. The van der Waals surface area contributed by atoms with Gasteiger partial charge in [0.15, 0.2) is 5.78 Å². The van der Waals surface area contributed by atoms with Gasteiger partial charge in [-0.25, -0.2) is 0 Å². The second kappa shape index (κ2) is 8.53. The smallest absolute Gasteiger partial charge is 0.220 e. The maximum absolute atomic E-state index is 11.7. The zero-order valence-electron chi connectivity index (χ0n) is 11.9. The Bertz CT molecular complexity index is 366. The number of rotatable bonds is 9. The van der Waals surface area contributed by atoms with E-state index in [-0.39, 0.29) is 42.1 Å². The molecule has 0 aromatic rings. The minimum absolute atomic E-state index is 0.00321. The minimum Gasteiger partial charge on any atom is -0.346 e. The molecule has 2 atom stereocenters. The lowest BCUT2D eigenvalue weighted by Crippen LogP contribution is -2.42. The Morgan fingerprint density at radius 3 is 1.84 bits per heavy atom. The largest absolute Gasteiger partial charge is 0.346 e. The van der Waals surface area contributed by atoms with E-state index >= 15 is 0 Å². The predicted molar refractivity (Wildman–Crippen MR) is 70.7 cm³/mol. The van der Waals surface area contributed by atoms with E-state index in [0.717, 1.165) is 0 Å². The highest BCUT2D eigenvalue weighted by Gasteiger charge is 2.20. The van der Waals surface area contributed by atoms with Crippen LogP contribution in [-0.2, 0) is 19.2 Å². The Kier molecular flexibility index (Phi) is 7.83. The molecule has 0 bridgehead atoms. The molecule has 6 heteroatoms. The van der Waals surface area contributed by atoms with Crippen molar-refractivity contribution in [1.29, 1.82) is 0 Å². The number of carbonyl (C=O) groups excluding carboxylic acids is 4. The number of amides is 1. The molecule has 2 N–H and O–H groups in total. The van der Waals surface area contributed by atoms with Gasteiger partial charge >= 0.3 is 0 Å². The maximum atomic E-state index is 11.7. The van der Waals surface area contributed by atoms with Crippen LogP contribution in [0.2, 0.25) is 0 Å². The van der Waals surface area contributed by atoms with Crippen LogP contribution < -0.4 is 10.6 Å². The van der Waals surface area contributed by atoms with Crippen LogP contribution >= 0.6 is 0 Å². The van der Waals surface area contributed by atoms with Crippen molar-refractivity contribution in [3.05, 3.63) is 0 Å². The van der Waals surface area contributed by atoms with Crippen molar-refractivity contribution in [2.24, 2.45) is 0 Å². The second-order valence-electron chi connectivity index (χ2n) is 4.63. The van der Waals surface area contributed by atoms with E-state index in [1.807, 2.05) is 0 Å². The molecule has 0 radical (unpaired) electrons. The fourth-order valence-electron chi connectivity index (χ4n) is 1.68. The molecule has 0 spiro atoms. The predicted octanol–water partition coefficient (Wildman–Crippen LogP) is -0.00350. The molecule has 0 aromatic heterocycles. The molecule has 6 nitrogen and oxygen atoms in total. The standard InChI is InChI=1S/C13H22N2O4/c1-8(16)7-12(10(3)18)15-13(19)6-5-11(14-4)9(2)17/h11-12,14H,5-7H2,1-4H3,(H,15,19). The minimum atomic E-state index is -0.768. The number of nitrogens with one attached hydrogen (secondary N) is 2. The first-order valence-electron chi connectivity index (χ1n) is 6.24. The second-order valence-corrected chi connectivity index (χ2v) is 4.63. The van der Waals surface area contributed by atoms with Crippen molar-refractivity contribution >= 4 is 23.3 Å². The summed E-state index contributed by atoms with van der Waals surface area (Å²) in [5, 5.41) is 5.33. The highest BCUT2D eigenvalue weighted by molar-refractivity contribution is 5.92. The van der Waals surface area contributed by atoms with Gasteiger partial charge < -0.3 is 10.6 Å². The Morgan fingerprint density at radius 2 is 1.47 bits per heavy atom. The number of Topliss-reactive ketones (excluding diaryl/α,β-unsaturated/α-hetero) is 3. The normalized spacial score (nSPS) is 13.5. The number of likely N-dealkylation sites (N-methyl/N-ethyl adjacent to an activating group) is 1. The summed E-state index contributed by atoms with van der Waals surface area (Å²) >= 11 is 0. The molecule has 0 aliphatic carbocycles. The molecule has 0 saturated heterocycles. The van der Waals surface area contributed by atoms with E-state index in [4.69, 9.17) is 0 Å². The quantitative estimate of drug-likeness (QED) is 0.615. The van der Waals surface area contributed by atoms with Crippen molar-refractivity contribution in [3.8, 4) is 0 Å². The Hall–Kier alpha value is -1.56. The SMILES string of the molecule is CNC(CCC(=O)NC(CC(C)=O)C(C)=O)C(C)=O. The van der Waals surface area contributed by atoms with Crippen molar-refractivity contribution in [2.45, 2.75) is 52.1 Å². The van der Waals surface area contributed by atoms with Crippen molar-refractivity contribution in [2.75, 3.05) is 7.05 Å². The summed E-state index contributed by atoms with van der Waals surface area (Å²) in [6, 6.07) is -1.13. The molecule has 0 aliphatic heterocycles. The van der Waals surface area contributed by atoms with Gasteiger partial charge in [0.1, 0.15) is 11.6 Å². The Morgan fingerprint density at radius 1 is 0.947 bits per heavy atom. The molecular weight excluding hydrogens is 248 g/mol. The zero-order chi connectivity index (χ0) is 15.0. The molecule has 0 aromatic carbocycles. The summed E-state index contributed by atoms with van der Waals surface area (Å²) in [6.45, 7) is 4.15. The van der Waals surface area contributed by atoms with Gasteiger partial charge in [-0.2, -0.15) is 0 Å². The molecular formula is C13H22N2O4. The van der Waals surface area contributed by atoms with Gasteiger partial charge in [-0.15, -0.1) is 0 Å². The highest BCUT2D eigenvalue weighted by Crippen LogP contribution is 2.01. The molecule has 2 unspecified atom stereocenters. The lowest BCUT2D eigenvalue weighted by molar-refractivity contribution is -0.129. The topological polar surface area (TPSA) is 92.3 Å². The first-order chi connectivity index (χ1) is 8.77. The average molecular weight is 270 g/mol. The van der Waals surface area contributed by atoms with E-state index in [1.54, 1.807) is 7.05 Å². The van der Waals surface area contributed by atoms with Crippen LogP contribution in [0.25, 0.3) is 0 Å². The number of hydrogen-bond acceptors (Lipinski definition) is 5. The van der Waals surface area contributed by atoms with E-state index < -0.39 is 6.04 Å². The van der Waals surface area contributed by atoms with Gasteiger partial charge in [0.25, 0.3) is 0 Å². The number of carbonyl (C=O) groups is 4. The van der Waals surface area contributed by atoms with Crippen LogP contribution in [0.15, 0.2) is 0 Å². The van der Waals surface area contributed by atoms with Gasteiger partial charge in [0, 0.05) is 12.8 Å². The summed E-state index contributed by atoms with van der Waals surface area (Å²) in [5.74, 6) is -0.775. The summed E-state index contributed by atoms with van der Waals surface area (Å²) in [7, 11) is 1.65. The third-order valence-electron chi connectivity index (χ3n) is 2.82. The van der Waals surface area contributed by atoms with E-state index in [9.17, 15) is 19.2 Å². The van der Waals surface area contributed by atoms with Gasteiger partial charge in [-0.1, -0.05) is 0 Å². The molecule has 19 heavy (non-hydrogen) atoms. The fourth-order valence-corrected chi connectivity index (χ4v) is 1.68. The molecule has 108 valence electrons. The van der Waals surface area contributed by atoms with E-state index in [1.165, 1.54) is 20.8 Å². The van der Waals surface area contributed by atoms with Crippen LogP contribution in [0, 0.1) is 0 Å². The average Bonchev–Trinajstić information content (AvgIpc) is 2.27. The highest BCUT2D eigenvalue weighted by atomic mass is 16.2.